The molecule has 2 aromatic heterocycles. The fourth-order valence-electron chi connectivity index (χ4n) is 2.45. The fraction of sp³-hybridized carbons (Fsp3) is 0.188. The van der Waals surface area contributed by atoms with E-state index in [1.807, 2.05) is 36.1 Å². The van der Waals surface area contributed by atoms with E-state index in [4.69, 9.17) is 0 Å². The Morgan fingerprint density at radius 3 is 2.60 bits per heavy atom. The maximum atomic E-state index is 4.47. The van der Waals surface area contributed by atoms with Gasteiger partial charge in [0.05, 0.1) is 17.4 Å². The molecule has 3 rings (SSSR count). The summed E-state index contributed by atoms with van der Waals surface area (Å²) in [5, 5.41) is 12.3. The van der Waals surface area contributed by atoms with E-state index in [0.717, 1.165) is 11.4 Å². The van der Waals surface area contributed by atoms with Gasteiger partial charge in [0.1, 0.15) is 0 Å². The fourth-order valence-corrected chi connectivity index (χ4v) is 3.32. The molecule has 1 unspecified atom stereocenters. The Kier molecular flexibility index (Phi) is 3.67. The lowest BCUT2D eigenvalue weighted by Crippen LogP contribution is -2.21. The first-order valence-corrected chi connectivity index (χ1v) is 7.55. The highest BCUT2D eigenvalue weighted by Gasteiger charge is 2.19. The van der Waals surface area contributed by atoms with Gasteiger partial charge in [-0.1, -0.05) is 18.2 Å². The lowest BCUT2D eigenvalue weighted by molar-refractivity contribution is 0.636. The Labute approximate surface area is 122 Å². The third-order valence-corrected chi connectivity index (χ3v) is 4.34. The molecule has 102 valence electrons. The van der Waals surface area contributed by atoms with Crippen LogP contribution in [-0.2, 0) is 0 Å². The first-order valence-electron chi connectivity index (χ1n) is 6.60. The van der Waals surface area contributed by atoms with E-state index >= 15 is 0 Å². The van der Waals surface area contributed by atoms with Crippen molar-refractivity contribution in [1.82, 2.24) is 15.1 Å². The Hall–Kier alpha value is -1.91. The molecule has 1 atom stereocenters. The van der Waals surface area contributed by atoms with E-state index in [2.05, 4.69) is 46.3 Å². The highest BCUT2D eigenvalue weighted by molar-refractivity contribution is 7.08. The minimum atomic E-state index is 0.156. The average Bonchev–Trinajstić information content (AvgIpc) is 3.11. The van der Waals surface area contributed by atoms with Gasteiger partial charge in [0.25, 0.3) is 0 Å². The topological polar surface area (TPSA) is 29.9 Å². The third-order valence-electron chi connectivity index (χ3n) is 3.46. The number of hydrogen-bond acceptors (Lipinski definition) is 3. The number of nitrogens with zero attached hydrogens (tertiary/aromatic N) is 2. The smallest absolute Gasteiger partial charge is 0.0761 e. The second kappa shape index (κ2) is 5.61. The number of rotatable bonds is 4. The lowest BCUT2D eigenvalue weighted by Gasteiger charge is -2.18. The van der Waals surface area contributed by atoms with E-state index < -0.39 is 0 Å². The molecule has 2 heterocycles. The minimum Gasteiger partial charge on any atom is -0.308 e. The maximum Gasteiger partial charge on any atom is 0.0761 e. The van der Waals surface area contributed by atoms with Crippen molar-refractivity contribution in [2.75, 3.05) is 7.05 Å². The standard InChI is InChI=1S/C16H17N3S/c1-12-10-20-11-14(12)16(17-2)15-8-9-18-19(15)13-6-4-3-5-7-13/h3-11,16-17H,1-2H3. The number of thiophene rings is 1. The molecule has 0 aliphatic rings. The van der Waals surface area contributed by atoms with Gasteiger partial charge in [0.2, 0.25) is 0 Å². The summed E-state index contributed by atoms with van der Waals surface area (Å²) < 4.78 is 2.00. The lowest BCUT2D eigenvalue weighted by atomic mass is 10.0. The van der Waals surface area contributed by atoms with Crippen LogP contribution in [0, 0.1) is 6.92 Å². The van der Waals surface area contributed by atoms with Crippen molar-refractivity contribution in [1.29, 1.82) is 0 Å². The Morgan fingerprint density at radius 2 is 1.95 bits per heavy atom. The van der Waals surface area contributed by atoms with Gasteiger partial charge in [-0.25, -0.2) is 4.68 Å². The summed E-state index contributed by atoms with van der Waals surface area (Å²) in [6.45, 7) is 2.15. The van der Waals surface area contributed by atoms with Gasteiger partial charge >= 0.3 is 0 Å². The number of nitrogens with one attached hydrogen (secondary N) is 1. The number of hydrogen-bond donors (Lipinski definition) is 1. The van der Waals surface area contributed by atoms with Gasteiger partial charge in [-0.3, -0.25) is 0 Å². The van der Waals surface area contributed by atoms with Gasteiger partial charge in [-0.05, 0) is 54.1 Å². The van der Waals surface area contributed by atoms with Crippen LogP contribution in [-0.4, -0.2) is 16.8 Å². The molecule has 0 radical (unpaired) electrons. The summed E-state index contributed by atoms with van der Waals surface area (Å²) in [5.74, 6) is 0. The normalized spacial score (nSPS) is 12.5. The third kappa shape index (κ3) is 2.28. The summed E-state index contributed by atoms with van der Waals surface area (Å²) in [5.41, 5.74) is 4.87. The van der Waals surface area contributed by atoms with Crippen LogP contribution in [0.2, 0.25) is 0 Å². The van der Waals surface area contributed by atoms with Crippen molar-refractivity contribution in [2.45, 2.75) is 13.0 Å². The van der Waals surface area contributed by atoms with E-state index in [0.29, 0.717) is 0 Å². The van der Waals surface area contributed by atoms with Crippen molar-refractivity contribution < 1.29 is 0 Å². The van der Waals surface area contributed by atoms with Crippen LogP contribution in [0.5, 0.6) is 0 Å². The van der Waals surface area contributed by atoms with Crippen LogP contribution < -0.4 is 5.32 Å². The molecule has 1 aromatic carbocycles. The molecule has 0 fully saturated rings. The number of aromatic nitrogens is 2. The largest absolute Gasteiger partial charge is 0.308 e. The molecule has 0 spiro atoms. The molecular formula is C16H17N3S. The van der Waals surface area contributed by atoms with Gasteiger partial charge in [-0.2, -0.15) is 16.4 Å². The molecular weight excluding hydrogens is 266 g/mol. The van der Waals surface area contributed by atoms with Crippen LogP contribution in [0.25, 0.3) is 5.69 Å². The van der Waals surface area contributed by atoms with Gasteiger partial charge < -0.3 is 5.32 Å². The van der Waals surface area contributed by atoms with E-state index in [1.54, 1.807) is 11.3 Å². The van der Waals surface area contributed by atoms with Gasteiger partial charge in [-0.15, -0.1) is 0 Å². The summed E-state index contributed by atoms with van der Waals surface area (Å²) in [6.07, 6.45) is 1.86. The number of aryl methyl sites for hydroxylation is 1. The summed E-state index contributed by atoms with van der Waals surface area (Å²) in [7, 11) is 1.99. The molecule has 1 N–H and O–H groups in total. The first kappa shape index (κ1) is 13.1. The first-order chi connectivity index (χ1) is 9.81. The van der Waals surface area contributed by atoms with Gasteiger partial charge in [0.15, 0.2) is 0 Å². The van der Waals surface area contributed by atoms with Crippen molar-refractivity contribution in [3.05, 3.63) is 70.2 Å². The maximum absolute atomic E-state index is 4.47. The molecule has 0 bridgehead atoms. The number of para-hydroxylation sites is 1. The van der Waals surface area contributed by atoms with Crippen molar-refractivity contribution in [3.63, 3.8) is 0 Å². The predicted octanol–water partition coefficient (Wildman–Crippen LogP) is 3.55. The molecule has 3 aromatic rings. The average molecular weight is 283 g/mol. The predicted molar refractivity (Wildman–Crippen MR) is 83.5 cm³/mol. The molecule has 4 heteroatoms. The minimum absolute atomic E-state index is 0.156. The second-order valence-corrected chi connectivity index (χ2v) is 5.48. The highest BCUT2D eigenvalue weighted by atomic mass is 32.1. The SMILES string of the molecule is CNC(c1cscc1C)c1ccnn1-c1ccccc1. The van der Waals surface area contributed by atoms with Crippen LogP contribution >= 0.6 is 11.3 Å². The zero-order chi connectivity index (χ0) is 13.9. The van der Waals surface area contributed by atoms with Crippen molar-refractivity contribution >= 4 is 11.3 Å². The Morgan fingerprint density at radius 1 is 1.15 bits per heavy atom. The summed E-state index contributed by atoms with van der Waals surface area (Å²) >= 11 is 1.74. The molecule has 0 amide bonds. The van der Waals surface area contributed by atoms with Crippen LogP contribution in [0.3, 0.4) is 0 Å². The molecule has 0 aliphatic carbocycles. The van der Waals surface area contributed by atoms with Crippen molar-refractivity contribution in [3.8, 4) is 5.69 Å². The van der Waals surface area contributed by atoms with E-state index in [1.165, 1.54) is 11.1 Å². The monoisotopic (exact) mass is 283 g/mol. The Balaban J connectivity index is 2.07. The second-order valence-electron chi connectivity index (χ2n) is 4.74. The quantitative estimate of drug-likeness (QED) is 0.793. The molecule has 20 heavy (non-hydrogen) atoms. The number of benzene rings is 1. The zero-order valence-corrected chi connectivity index (χ0v) is 12.4. The molecule has 0 aliphatic heterocycles. The molecule has 3 nitrogen and oxygen atoms in total. The Bertz CT molecular complexity index is 685. The van der Waals surface area contributed by atoms with E-state index in [9.17, 15) is 0 Å². The van der Waals surface area contributed by atoms with Crippen LogP contribution in [0.1, 0.15) is 22.9 Å². The van der Waals surface area contributed by atoms with Gasteiger partial charge in [0, 0.05) is 6.20 Å². The molecule has 0 saturated carbocycles. The van der Waals surface area contributed by atoms with E-state index in [-0.39, 0.29) is 6.04 Å². The summed E-state index contributed by atoms with van der Waals surface area (Å²) in [4.78, 5) is 0. The highest BCUT2D eigenvalue weighted by Crippen LogP contribution is 2.28. The zero-order valence-electron chi connectivity index (χ0n) is 11.6. The van der Waals surface area contributed by atoms with Crippen LogP contribution in [0.15, 0.2) is 53.4 Å². The summed E-state index contributed by atoms with van der Waals surface area (Å²) in [6, 6.07) is 12.5. The van der Waals surface area contributed by atoms with Crippen molar-refractivity contribution in [2.24, 2.45) is 0 Å². The molecule has 0 saturated heterocycles. The van der Waals surface area contributed by atoms with Crippen LogP contribution in [0.4, 0.5) is 0 Å².